The summed E-state index contributed by atoms with van der Waals surface area (Å²) in [5.41, 5.74) is 0. The van der Waals surface area contributed by atoms with Crippen LogP contribution in [0.4, 0.5) is 9.93 Å². The van der Waals surface area contributed by atoms with Crippen LogP contribution in [0.1, 0.15) is 17.8 Å². The summed E-state index contributed by atoms with van der Waals surface area (Å²) in [6, 6.07) is -0.213. The predicted molar refractivity (Wildman–Crippen MR) is 60.5 cm³/mol. The van der Waals surface area contributed by atoms with Crippen molar-refractivity contribution in [1.29, 1.82) is 0 Å². The van der Waals surface area contributed by atoms with Crippen LogP contribution >= 0.6 is 11.3 Å². The zero-order chi connectivity index (χ0) is 11.5. The van der Waals surface area contributed by atoms with Crippen LogP contribution in [0.25, 0.3) is 0 Å². The number of aromatic nitrogens is 2. The van der Waals surface area contributed by atoms with E-state index in [1.807, 2.05) is 6.92 Å². The Balaban J connectivity index is 1.92. The first-order chi connectivity index (χ1) is 7.65. The molecule has 88 valence electrons. The summed E-state index contributed by atoms with van der Waals surface area (Å²) >= 11 is 1.34. The number of urea groups is 1. The molecule has 1 aliphatic rings. The standard InChI is InChI=1S/C9H14N4O2S/c1-6-11-12-8(16-6)10-9(15)13-4-2-3-7(14)5-13/h7,14H,2-5H2,1H3,(H,10,12,15). The lowest BCUT2D eigenvalue weighted by atomic mass is 10.1. The third-order valence-electron chi connectivity index (χ3n) is 2.42. The van der Waals surface area contributed by atoms with Gasteiger partial charge >= 0.3 is 6.03 Å². The fourth-order valence-corrected chi connectivity index (χ4v) is 2.24. The monoisotopic (exact) mass is 242 g/mol. The number of hydrogen-bond donors (Lipinski definition) is 2. The van der Waals surface area contributed by atoms with E-state index in [4.69, 9.17) is 0 Å². The van der Waals surface area contributed by atoms with Crippen molar-refractivity contribution in [1.82, 2.24) is 15.1 Å². The number of anilines is 1. The molecule has 6 nitrogen and oxygen atoms in total. The van der Waals surface area contributed by atoms with Gasteiger partial charge in [-0.2, -0.15) is 0 Å². The highest BCUT2D eigenvalue weighted by atomic mass is 32.1. The van der Waals surface area contributed by atoms with Gasteiger partial charge in [0, 0.05) is 13.1 Å². The molecule has 1 unspecified atom stereocenters. The lowest BCUT2D eigenvalue weighted by Gasteiger charge is -2.29. The molecule has 0 aliphatic carbocycles. The number of nitrogens with one attached hydrogen (secondary N) is 1. The average molecular weight is 242 g/mol. The van der Waals surface area contributed by atoms with Gasteiger partial charge in [0.1, 0.15) is 5.01 Å². The number of carbonyl (C=O) groups excluding carboxylic acids is 1. The number of carbonyl (C=O) groups is 1. The lowest BCUT2D eigenvalue weighted by Crippen LogP contribution is -2.44. The fraction of sp³-hybridized carbons (Fsp3) is 0.667. The Bertz CT molecular complexity index is 381. The van der Waals surface area contributed by atoms with Crippen LogP contribution < -0.4 is 5.32 Å². The summed E-state index contributed by atoms with van der Waals surface area (Å²) in [6.07, 6.45) is 1.20. The Labute approximate surface area is 97.3 Å². The molecule has 1 fully saturated rings. The van der Waals surface area contributed by atoms with Crippen molar-refractivity contribution in [2.45, 2.75) is 25.9 Å². The predicted octanol–water partition coefficient (Wildman–Crippen LogP) is 0.835. The van der Waals surface area contributed by atoms with Crippen LogP contribution in [0.5, 0.6) is 0 Å². The third kappa shape index (κ3) is 2.67. The number of piperidine rings is 1. The number of aryl methyl sites for hydroxylation is 1. The molecule has 16 heavy (non-hydrogen) atoms. The van der Waals surface area contributed by atoms with Crippen LogP contribution in [-0.4, -0.2) is 45.4 Å². The molecular weight excluding hydrogens is 228 g/mol. The van der Waals surface area contributed by atoms with E-state index in [0.717, 1.165) is 17.8 Å². The van der Waals surface area contributed by atoms with Crippen molar-refractivity contribution >= 4 is 22.5 Å². The van der Waals surface area contributed by atoms with Crippen molar-refractivity contribution < 1.29 is 9.90 Å². The minimum atomic E-state index is -0.407. The smallest absolute Gasteiger partial charge is 0.323 e. The number of hydrogen-bond acceptors (Lipinski definition) is 5. The molecule has 0 saturated carbocycles. The van der Waals surface area contributed by atoms with Gasteiger partial charge in [0.25, 0.3) is 0 Å². The first-order valence-electron chi connectivity index (χ1n) is 5.19. The highest BCUT2D eigenvalue weighted by Crippen LogP contribution is 2.16. The Morgan fingerprint density at radius 1 is 1.62 bits per heavy atom. The fourth-order valence-electron chi connectivity index (χ4n) is 1.66. The van der Waals surface area contributed by atoms with Gasteiger partial charge in [-0.3, -0.25) is 5.32 Å². The Hall–Kier alpha value is -1.21. The summed E-state index contributed by atoms with van der Waals surface area (Å²) in [4.78, 5) is 13.4. The SMILES string of the molecule is Cc1nnc(NC(=O)N2CCCC(O)C2)s1. The van der Waals surface area contributed by atoms with Gasteiger partial charge in [0.15, 0.2) is 0 Å². The number of aliphatic hydroxyl groups is 1. The Kier molecular flexibility index (Phi) is 3.35. The van der Waals surface area contributed by atoms with Crippen LogP contribution in [0, 0.1) is 6.92 Å². The van der Waals surface area contributed by atoms with E-state index in [2.05, 4.69) is 15.5 Å². The van der Waals surface area contributed by atoms with Crippen molar-refractivity contribution in [3.05, 3.63) is 5.01 Å². The third-order valence-corrected chi connectivity index (χ3v) is 3.18. The topological polar surface area (TPSA) is 78.4 Å². The van der Waals surface area contributed by atoms with Crippen molar-refractivity contribution in [2.75, 3.05) is 18.4 Å². The molecule has 2 N–H and O–H groups in total. The van der Waals surface area contributed by atoms with Gasteiger partial charge in [-0.25, -0.2) is 4.79 Å². The first-order valence-corrected chi connectivity index (χ1v) is 6.01. The highest BCUT2D eigenvalue weighted by molar-refractivity contribution is 7.15. The molecule has 1 atom stereocenters. The number of rotatable bonds is 1. The molecule has 0 radical (unpaired) electrons. The molecule has 1 aromatic rings. The average Bonchev–Trinajstić information content (AvgIpc) is 2.64. The largest absolute Gasteiger partial charge is 0.391 e. The molecule has 1 saturated heterocycles. The number of β-amino-alcohol motifs (C(OH)–C–C–N with tert-alkyl or cyclic N) is 1. The minimum Gasteiger partial charge on any atom is -0.391 e. The number of aliphatic hydroxyl groups excluding tert-OH is 1. The normalized spacial score (nSPS) is 20.9. The quantitative estimate of drug-likeness (QED) is 0.764. The van der Waals surface area contributed by atoms with Gasteiger partial charge < -0.3 is 10.0 Å². The van der Waals surface area contributed by atoms with Gasteiger partial charge in [-0.05, 0) is 19.8 Å². The molecule has 2 amide bonds. The molecule has 2 heterocycles. The van der Waals surface area contributed by atoms with Crippen LogP contribution in [0.2, 0.25) is 0 Å². The summed E-state index contributed by atoms with van der Waals surface area (Å²) in [5, 5.41) is 21.1. The molecule has 0 spiro atoms. The number of nitrogens with zero attached hydrogens (tertiary/aromatic N) is 3. The van der Waals surface area contributed by atoms with Gasteiger partial charge in [0.05, 0.1) is 6.10 Å². The van der Waals surface area contributed by atoms with Crippen LogP contribution in [-0.2, 0) is 0 Å². The van der Waals surface area contributed by atoms with E-state index in [-0.39, 0.29) is 6.03 Å². The first kappa shape index (κ1) is 11.3. The Morgan fingerprint density at radius 2 is 2.44 bits per heavy atom. The lowest BCUT2D eigenvalue weighted by molar-refractivity contribution is 0.0883. The van der Waals surface area contributed by atoms with Crippen molar-refractivity contribution in [3.63, 3.8) is 0 Å². The second-order valence-corrected chi connectivity index (χ2v) is 4.98. The Morgan fingerprint density at radius 3 is 3.06 bits per heavy atom. The van der Waals surface area contributed by atoms with Gasteiger partial charge in [-0.1, -0.05) is 11.3 Å². The van der Waals surface area contributed by atoms with Crippen LogP contribution in [0.15, 0.2) is 0 Å². The van der Waals surface area contributed by atoms with Gasteiger partial charge in [-0.15, -0.1) is 10.2 Å². The summed E-state index contributed by atoms with van der Waals surface area (Å²) < 4.78 is 0. The van der Waals surface area contributed by atoms with Crippen molar-refractivity contribution in [3.8, 4) is 0 Å². The van der Waals surface area contributed by atoms with Crippen molar-refractivity contribution in [2.24, 2.45) is 0 Å². The second kappa shape index (κ2) is 4.75. The van der Waals surface area contributed by atoms with Gasteiger partial charge in [0.2, 0.25) is 5.13 Å². The van der Waals surface area contributed by atoms with E-state index in [9.17, 15) is 9.90 Å². The summed E-state index contributed by atoms with van der Waals surface area (Å²) in [7, 11) is 0. The molecular formula is C9H14N4O2S. The number of amides is 2. The van der Waals surface area contributed by atoms with E-state index >= 15 is 0 Å². The molecule has 0 aromatic carbocycles. The highest BCUT2D eigenvalue weighted by Gasteiger charge is 2.22. The molecule has 2 rings (SSSR count). The molecule has 1 aromatic heterocycles. The number of likely N-dealkylation sites (tertiary alicyclic amines) is 1. The summed E-state index contributed by atoms with van der Waals surface area (Å²) in [5.74, 6) is 0. The molecule has 7 heteroatoms. The maximum atomic E-state index is 11.8. The second-order valence-electron chi connectivity index (χ2n) is 3.80. The summed E-state index contributed by atoms with van der Waals surface area (Å²) in [6.45, 7) is 2.91. The zero-order valence-electron chi connectivity index (χ0n) is 9.01. The van der Waals surface area contributed by atoms with E-state index in [1.54, 1.807) is 4.90 Å². The minimum absolute atomic E-state index is 0.213. The maximum Gasteiger partial charge on any atom is 0.323 e. The van der Waals surface area contributed by atoms with E-state index < -0.39 is 6.10 Å². The molecule has 1 aliphatic heterocycles. The van der Waals surface area contributed by atoms with E-state index in [0.29, 0.717) is 18.2 Å². The van der Waals surface area contributed by atoms with E-state index in [1.165, 1.54) is 11.3 Å². The maximum absolute atomic E-state index is 11.8. The zero-order valence-corrected chi connectivity index (χ0v) is 9.83. The molecule has 0 bridgehead atoms. The van der Waals surface area contributed by atoms with Crippen LogP contribution in [0.3, 0.4) is 0 Å².